The van der Waals surface area contributed by atoms with Crippen LogP contribution in [0.4, 0.5) is 10.1 Å². The predicted molar refractivity (Wildman–Crippen MR) is 117 cm³/mol. The first-order valence-electron chi connectivity index (χ1n) is 10.3. The number of nitrogens with one attached hydrogen (secondary N) is 1. The third kappa shape index (κ3) is 6.66. The largest absolute Gasteiger partial charge is 0.497 e. The number of carbonyl (C=O) groups excluding carboxylic acids is 2. The molecule has 172 valence electrons. The van der Waals surface area contributed by atoms with E-state index in [-0.39, 0.29) is 37.3 Å². The van der Waals surface area contributed by atoms with Crippen LogP contribution >= 0.6 is 0 Å². The quantitative estimate of drug-likeness (QED) is 0.613. The Balaban J connectivity index is 1.50. The first-order valence-corrected chi connectivity index (χ1v) is 10.3. The molecule has 8 nitrogen and oxygen atoms in total. The second-order valence-corrected chi connectivity index (χ2v) is 7.68. The minimum Gasteiger partial charge on any atom is -0.497 e. The molecule has 1 atom stereocenters. The van der Waals surface area contributed by atoms with Gasteiger partial charge in [0.05, 0.1) is 19.3 Å². The molecule has 0 unspecified atom stereocenters. The Labute approximate surface area is 186 Å². The first-order chi connectivity index (χ1) is 15.3. The van der Waals surface area contributed by atoms with Gasteiger partial charge >= 0.3 is 0 Å². The van der Waals surface area contributed by atoms with Gasteiger partial charge < -0.3 is 24.8 Å². The van der Waals surface area contributed by atoms with E-state index in [4.69, 9.17) is 9.47 Å². The summed E-state index contributed by atoms with van der Waals surface area (Å²) in [7, 11) is 1.52. The van der Waals surface area contributed by atoms with E-state index >= 15 is 0 Å². The Morgan fingerprint density at radius 2 is 1.97 bits per heavy atom. The van der Waals surface area contributed by atoms with E-state index in [9.17, 15) is 19.1 Å². The first kappa shape index (κ1) is 23.5. The highest BCUT2D eigenvalue weighted by Crippen LogP contribution is 2.29. The lowest BCUT2D eigenvalue weighted by molar-refractivity contribution is -0.138. The molecule has 3 rings (SSSR count). The van der Waals surface area contributed by atoms with Crippen LogP contribution < -0.4 is 14.8 Å². The number of hydrogen-bond acceptors (Lipinski definition) is 6. The van der Waals surface area contributed by atoms with Crippen molar-refractivity contribution in [3.63, 3.8) is 0 Å². The number of β-amino-alcohol motifs (C(OH)–C–C–N with tert-alkyl or cyclic N) is 1. The van der Waals surface area contributed by atoms with Crippen molar-refractivity contribution in [1.29, 1.82) is 0 Å². The number of rotatable bonds is 9. The van der Waals surface area contributed by atoms with Gasteiger partial charge in [-0.3, -0.25) is 14.5 Å². The van der Waals surface area contributed by atoms with Crippen molar-refractivity contribution in [2.24, 2.45) is 0 Å². The summed E-state index contributed by atoms with van der Waals surface area (Å²) in [4.78, 5) is 27.5. The molecular weight excluding hydrogens is 417 g/mol. The van der Waals surface area contributed by atoms with Crippen LogP contribution in [0.5, 0.6) is 11.5 Å². The molecule has 1 aliphatic rings. The van der Waals surface area contributed by atoms with Gasteiger partial charge in [0.25, 0.3) is 0 Å². The van der Waals surface area contributed by atoms with Gasteiger partial charge in [0.1, 0.15) is 30.0 Å². The smallest absolute Gasteiger partial charge is 0.236 e. The lowest BCUT2D eigenvalue weighted by Crippen LogP contribution is -2.52. The zero-order valence-electron chi connectivity index (χ0n) is 18.2. The van der Waals surface area contributed by atoms with Crippen LogP contribution in [0.3, 0.4) is 0 Å². The van der Waals surface area contributed by atoms with E-state index in [0.29, 0.717) is 36.8 Å². The number of aliphatic hydroxyl groups excluding tert-OH is 1. The summed E-state index contributed by atoms with van der Waals surface area (Å²) in [6.45, 7) is 3.41. The van der Waals surface area contributed by atoms with Gasteiger partial charge in [-0.05, 0) is 29.8 Å². The molecule has 1 saturated heterocycles. The van der Waals surface area contributed by atoms with Crippen molar-refractivity contribution < 1.29 is 28.6 Å². The molecule has 0 bridgehead atoms. The fourth-order valence-electron chi connectivity index (χ4n) is 3.47. The molecule has 0 radical (unpaired) electrons. The molecule has 1 aliphatic heterocycles. The van der Waals surface area contributed by atoms with Crippen molar-refractivity contribution in [3.05, 3.63) is 53.8 Å². The van der Waals surface area contributed by atoms with Crippen molar-refractivity contribution >= 4 is 17.5 Å². The standard InChI is InChI=1S/C23H28FN3O5/c1-16(28)25-21-8-7-20(31-2)11-22(21)32-15-19(29)13-27-10-9-26(14-23(27)30)12-17-3-5-18(24)6-4-17/h3-8,11,19,29H,9-10,12-15H2,1-2H3,(H,25,28)/t19-/m0/s1. The van der Waals surface area contributed by atoms with Crippen LogP contribution in [-0.2, 0) is 16.1 Å². The van der Waals surface area contributed by atoms with Crippen LogP contribution in [0.2, 0.25) is 0 Å². The molecule has 1 heterocycles. The Morgan fingerprint density at radius 1 is 1.22 bits per heavy atom. The summed E-state index contributed by atoms with van der Waals surface area (Å²) in [6.07, 6.45) is -0.904. The Kier molecular flexibility index (Phi) is 8.02. The average Bonchev–Trinajstić information content (AvgIpc) is 2.76. The van der Waals surface area contributed by atoms with Crippen LogP contribution in [0.15, 0.2) is 42.5 Å². The Morgan fingerprint density at radius 3 is 2.62 bits per heavy atom. The fraction of sp³-hybridized carbons (Fsp3) is 0.391. The molecule has 0 aliphatic carbocycles. The number of ether oxygens (including phenoxy) is 2. The number of hydrogen-bond donors (Lipinski definition) is 2. The zero-order chi connectivity index (χ0) is 23.1. The summed E-state index contributed by atoms with van der Waals surface area (Å²) in [6, 6.07) is 11.2. The lowest BCUT2D eigenvalue weighted by Gasteiger charge is -2.35. The molecule has 2 aromatic carbocycles. The summed E-state index contributed by atoms with van der Waals surface area (Å²) in [5.41, 5.74) is 1.41. The van der Waals surface area contributed by atoms with E-state index < -0.39 is 6.10 Å². The van der Waals surface area contributed by atoms with Gasteiger partial charge in [-0.1, -0.05) is 12.1 Å². The number of halogens is 1. The summed E-state index contributed by atoms with van der Waals surface area (Å²) >= 11 is 0. The maximum absolute atomic E-state index is 13.1. The van der Waals surface area contributed by atoms with E-state index in [2.05, 4.69) is 5.32 Å². The Bertz CT molecular complexity index is 938. The van der Waals surface area contributed by atoms with Crippen molar-refractivity contribution in [1.82, 2.24) is 9.80 Å². The minimum absolute atomic E-state index is 0.0528. The van der Waals surface area contributed by atoms with E-state index in [1.165, 1.54) is 26.2 Å². The van der Waals surface area contributed by atoms with Gasteiger partial charge in [-0.25, -0.2) is 4.39 Å². The van der Waals surface area contributed by atoms with E-state index in [1.54, 1.807) is 35.2 Å². The maximum atomic E-state index is 13.1. The molecule has 0 spiro atoms. The third-order valence-corrected chi connectivity index (χ3v) is 5.08. The van der Waals surface area contributed by atoms with E-state index in [0.717, 1.165) is 5.56 Å². The number of piperazine rings is 1. The van der Waals surface area contributed by atoms with Crippen molar-refractivity contribution in [3.8, 4) is 11.5 Å². The monoisotopic (exact) mass is 445 g/mol. The SMILES string of the molecule is COc1ccc(NC(C)=O)c(OC[C@@H](O)CN2CCN(Cc3ccc(F)cc3)CC2=O)c1. The topological polar surface area (TPSA) is 91.3 Å². The van der Waals surface area contributed by atoms with E-state index in [1.807, 2.05) is 4.90 Å². The molecule has 32 heavy (non-hydrogen) atoms. The zero-order valence-corrected chi connectivity index (χ0v) is 18.2. The highest BCUT2D eigenvalue weighted by atomic mass is 19.1. The molecule has 0 saturated carbocycles. The number of nitrogens with zero attached hydrogens (tertiary/aromatic N) is 2. The summed E-state index contributed by atoms with van der Waals surface area (Å²) < 4.78 is 23.9. The number of methoxy groups -OCH3 is 1. The number of amides is 2. The highest BCUT2D eigenvalue weighted by Gasteiger charge is 2.26. The van der Waals surface area contributed by atoms with Crippen LogP contribution in [0.25, 0.3) is 0 Å². The lowest BCUT2D eigenvalue weighted by atomic mass is 10.2. The second kappa shape index (κ2) is 10.9. The van der Waals surface area contributed by atoms with Crippen molar-refractivity contribution in [2.45, 2.75) is 19.6 Å². The number of carbonyl (C=O) groups is 2. The van der Waals surface area contributed by atoms with Crippen molar-refractivity contribution in [2.75, 3.05) is 45.2 Å². The van der Waals surface area contributed by atoms with Crippen LogP contribution in [0.1, 0.15) is 12.5 Å². The van der Waals surface area contributed by atoms with Crippen LogP contribution in [-0.4, -0.2) is 72.7 Å². The van der Waals surface area contributed by atoms with Gasteiger partial charge in [-0.2, -0.15) is 0 Å². The highest BCUT2D eigenvalue weighted by molar-refractivity contribution is 5.90. The molecule has 2 aromatic rings. The predicted octanol–water partition coefficient (Wildman–Crippen LogP) is 1.88. The number of aliphatic hydroxyl groups is 1. The maximum Gasteiger partial charge on any atom is 0.236 e. The van der Waals surface area contributed by atoms with Crippen LogP contribution in [0, 0.1) is 5.82 Å². The molecule has 1 fully saturated rings. The second-order valence-electron chi connectivity index (χ2n) is 7.68. The summed E-state index contributed by atoms with van der Waals surface area (Å²) in [5, 5.41) is 13.1. The number of benzene rings is 2. The molecule has 9 heteroatoms. The third-order valence-electron chi connectivity index (χ3n) is 5.08. The minimum atomic E-state index is -0.904. The molecule has 2 N–H and O–H groups in total. The summed E-state index contributed by atoms with van der Waals surface area (Å²) in [5.74, 6) is 0.302. The van der Waals surface area contributed by atoms with Gasteiger partial charge in [0, 0.05) is 39.2 Å². The van der Waals surface area contributed by atoms with Gasteiger partial charge in [-0.15, -0.1) is 0 Å². The van der Waals surface area contributed by atoms with Gasteiger partial charge in [0.15, 0.2) is 0 Å². The molecular formula is C23H28FN3O5. The Hall–Kier alpha value is -3.17. The fourth-order valence-corrected chi connectivity index (χ4v) is 3.47. The average molecular weight is 445 g/mol. The molecule has 0 aromatic heterocycles. The van der Waals surface area contributed by atoms with Gasteiger partial charge in [0.2, 0.25) is 11.8 Å². The normalized spacial score (nSPS) is 15.4. The molecule has 2 amide bonds. The number of anilines is 1.